The van der Waals surface area contributed by atoms with E-state index in [-0.39, 0.29) is 0 Å². The SMILES string of the molecule is Brc1cnn2c(NCc3cccnc3)cc(N3CCCC3)nc12.CC.CO. The van der Waals surface area contributed by atoms with Crippen molar-refractivity contribution in [3.8, 4) is 0 Å². The number of aromatic nitrogens is 4. The first-order valence-electron chi connectivity index (χ1n) is 9.18. The molecule has 0 unspecified atom stereocenters. The van der Waals surface area contributed by atoms with E-state index in [1.165, 1.54) is 12.8 Å². The Kier molecular flexibility index (Phi) is 8.47. The van der Waals surface area contributed by atoms with Crippen molar-refractivity contribution >= 4 is 33.2 Å². The monoisotopic (exact) mass is 434 g/mol. The summed E-state index contributed by atoms with van der Waals surface area (Å²) in [5.74, 6) is 1.94. The van der Waals surface area contributed by atoms with Crippen LogP contribution < -0.4 is 10.2 Å². The van der Waals surface area contributed by atoms with Crippen molar-refractivity contribution in [1.82, 2.24) is 19.6 Å². The fraction of sp³-hybridized carbons (Fsp3) is 0.421. The maximum absolute atomic E-state index is 7.00. The Labute approximate surface area is 168 Å². The summed E-state index contributed by atoms with van der Waals surface area (Å²) in [5.41, 5.74) is 1.97. The minimum absolute atomic E-state index is 0.698. The van der Waals surface area contributed by atoms with Crippen LogP contribution in [-0.4, -0.2) is 44.9 Å². The Balaban J connectivity index is 0.000000614. The number of halogens is 1. The molecule has 3 aromatic rings. The van der Waals surface area contributed by atoms with Crippen molar-refractivity contribution in [2.45, 2.75) is 33.2 Å². The van der Waals surface area contributed by atoms with E-state index in [0.717, 1.165) is 47.5 Å². The van der Waals surface area contributed by atoms with Gasteiger partial charge in [-0.2, -0.15) is 9.61 Å². The number of hydrogen-bond acceptors (Lipinski definition) is 6. The molecule has 2 N–H and O–H groups in total. The average Bonchev–Trinajstić information content (AvgIpc) is 3.41. The molecule has 0 bridgehead atoms. The predicted molar refractivity (Wildman–Crippen MR) is 113 cm³/mol. The third kappa shape index (κ3) is 5.17. The second-order valence-electron chi connectivity index (χ2n) is 5.64. The summed E-state index contributed by atoms with van der Waals surface area (Å²) in [6.45, 7) is 6.83. The zero-order chi connectivity index (χ0) is 19.6. The summed E-state index contributed by atoms with van der Waals surface area (Å²) in [6.07, 6.45) is 7.89. The molecule has 27 heavy (non-hydrogen) atoms. The number of nitrogens with zero attached hydrogens (tertiary/aromatic N) is 5. The molecule has 7 nitrogen and oxygen atoms in total. The molecule has 0 radical (unpaired) electrons. The van der Waals surface area contributed by atoms with Gasteiger partial charge in [0.2, 0.25) is 0 Å². The van der Waals surface area contributed by atoms with E-state index >= 15 is 0 Å². The van der Waals surface area contributed by atoms with Crippen LogP contribution in [0.2, 0.25) is 0 Å². The molecule has 4 heterocycles. The Morgan fingerprint density at radius 1 is 1.19 bits per heavy atom. The van der Waals surface area contributed by atoms with Gasteiger partial charge in [0, 0.05) is 45.2 Å². The van der Waals surface area contributed by atoms with Crippen LogP contribution in [0.25, 0.3) is 5.65 Å². The minimum atomic E-state index is 0.698. The lowest BCUT2D eigenvalue weighted by atomic mass is 10.3. The Hall–Kier alpha value is -2.19. The zero-order valence-corrected chi connectivity index (χ0v) is 17.6. The molecule has 146 valence electrons. The molecule has 0 saturated carbocycles. The quantitative estimate of drug-likeness (QED) is 0.650. The van der Waals surface area contributed by atoms with Gasteiger partial charge in [0.15, 0.2) is 5.65 Å². The number of pyridine rings is 1. The third-order valence-corrected chi connectivity index (χ3v) is 4.60. The van der Waals surface area contributed by atoms with E-state index < -0.39 is 0 Å². The molecule has 1 aliphatic rings. The van der Waals surface area contributed by atoms with E-state index in [2.05, 4.69) is 48.4 Å². The van der Waals surface area contributed by atoms with Crippen molar-refractivity contribution in [1.29, 1.82) is 0 Å². The van der Waals surface area contributed by atoms with Gasteiger partial charge in [-0.05, 0) is 40.4 Å². The Morgan fingerprint density at radius 3 is 2.59 bits per heavy atom. The second kappa shape index (κ2) is 10.8. The van der Waals surface area contributed by atoms with E-state index in [1.54, 1.807) is 12.4 Å². The number of aliphatic hydroxyl groups is 1. The van der Waals surface area contributed by atoms with E-state index in [0.29, 0.717) is 6.54 Å². The van der Waals surface area contributed by atoms with Gasteiger partial charge in [-0.3, -0.25) is 4.98 Å². The fourth-order valence-corrected chi connectivity index (χ4v) is 3.20. The van der Waals surface area contributed by atoms with E-state index in [4.69, 9.17) is 10.1 Å². The van der Waals surface area contributed by atoms with Gasteiger partial charge in [-0.25, -0.2) is 4.98 Å². The van der Waals surface area contributed by atoms with Crippen LogP contribution in [0.15, 0.2) is 41.3 Å². The molecule has 3 aromatic heterocycles. The summed E-state index contributed by atoms with van der Waals surface area (Å²) in [4.78, 5) is 11.2. The van der Waals surface area contributed by atoms with Gasteiger partial charge < -0.3 is 15.3 Å². The van der Waals surface area contributed by atoms with Crippen LogP contribution in [0.4, 0.5) is 11.6 Å². The maximum Gasteiger partial charge on any atom is 0.173 e. The molecule has 1 fully saturated rings. The molecular formula is C19H27BrN6O. The lowest BCUT2D eigenvalue weighted by Gasteiger charge is -2.18. The topological polar surface area (TPSA) is 78.6 Å². The molecule has 0 aliphatic carbocycles. The highest BCUT2D eigenvalue weighted by molar-refractivity contribution is 9.10. The lowest BCUT2D eigenvalue weighted by molar-refractivity contribution is 0.399. The maximum atomic E-state index is 7.00. The molecule has 8 heteroatoms. The minimum Gasteiger partial charge on any atom is -0.400 e. The zero-order valence-electron chi connectivity index (χ0n) is 16.1. The summed E-state index contributed by atoms with van der Waals surface area (Å²) in [5, 5.41) is 14.9. The van der Waals surface area contributed by atoms with Crippen molar-refractivity contribution in [2.75, 3.05) is 30.4 Å². The van der Waals surface area contributed by atoms with Crippen molar-refractivity contribution in [3.05, 3.63) is 46.8 Å². The molecule has 0 aromatic carbocycles. The Bertz CT molecular complexity index is 818. The Morgan fingerprint density at radius 2 is 1.93 bits per heavy atom. The van der Waals surface area contributed by atoms with Gasteiger partial charge in [0.05, 0.1) is 10.7 Å². The number of rotatable bonds is 4. The van der Waals surface area contributed by atoms with Gasteiger partial charge in [-0.1, -0.05) is 19.9 Å². The van der Waals surface area contributed by atoms with Crippen LogP contribution in [0, 0.1) is 0 Å². The molecule has 0 spiro atoms. The van der Waals surface area contributed by atoms with E-state index in [1.807, 2.05) is 30.6 Å². The number of anilines is 2. The van der Waals surface area contributed by atoms with Crippen molar-refractivity contribution in [3.63, 3.8) is 0 Å². The normalized spacial score (nSPS) is 12.9. The summed E-state index contributed by atoms with van der Waals surface area (Å²) in [7, 11) is 1.00. The van der Waals surface area contributed by atoms with Gasteiger partial charge in [0.25, 0.3) is 0 Å². The number of fused-ring (bicyclic) bond motifs is 1. The molecular weight excluding hydrogens is 408 g/mol. The van der Waals surface area contributed by atoms with E-state index in [9.17, 15) is 0 Å². The largest absolute Gasteiger partial charge is 0.400 e. The molecule has 1 saturated heterocycles. The number of aliphatic hydroxyl groups excluding tert-OH is 1. The number of hydrogen-bond donors (Lipinski definition) is 2. The second-order valence-corrected chi connectivity index (χ2v) is 6.49. The van der Waals surface area contributed by atoms with Crippen molar-refractivity contribution in [2.24, 2.45) is 0 Å². The molecule has 0 atom stereocenters. The molecule has 4 rings (SSSR count). The van der Waals surface area contributed by atoms with Gasteiger partial charge in [0.1, 0.15) is 11.6 Å². The van der Waals surface area contributed by atoms with Crippen LogP contribution in [0.1, 0.15) is 32.3 Å². The van der Waals surface area contributed by atoms with Crippen molar-refractivity contribution < 1.29 is 5.11 Å². The first-order chi connectivity index (χ1) is 13.3. The first kappa shape index (κ1) is 21.1. The highest BCUT2D eigenvalue weighted by atomic mass is 79.9. The lowest BCUT2D eigenvalue weighted by Crippen LogP contribution is -2.20. The van der Waals surface area contributed by atoms with Crippen LogP contribution in [0.3, 0.4) is 0 Å². The predicted octanol–water partition coefficient (Wildman–Crippen LogP) is 3.73. The standard InChI is InChI=1S/C16H17BrN6.C2H6.CH4O/c17-13-11-20-23-14(19-10-12-4-3-5-18-9-12)8-15(21-16(13)23)22-6-1-2-7-22;2*1-2/h3-5,8-9,11,19H,1-2,6-7,10H2;1-2H3;2H,1H3. The highest BCUT2D eigenvalue weighted by Crippen LogP contribution is 2.26. The molecule has 1 aliphatic heterocycles. The van der Waals surface area contributed by atoms with Gasteiger partial charge >= 0.3 is 0 Å². The first-order valence-corrected chi connectivity index (χ1v) is 9.97. The van der Waals surface area contributed by atoms with Crippen LogP contribution in [0.5, 0.6) is 0 Å². The fourth-order valence-electron chi connectivity index (χ4n) is 2.85. The third-order valence-electron chi connectivity index (χ3n) is 4.04. The summed E-state index contributed by atoms with van der Waals surface area (Å²) in [6, 6.07) is 6.08. The summed E-state index contributed by atoms with van der Waals surface area (Å²) >= 11 is 3.54. The average molecular weight is 435 g/mol. The highest BCUT2D eigenvalue weighted by Gasteiger charge is 2.17. The van der Waals surface area contributed by atoms with Crippen LogP contribution in [-0.2, 0) is 6.54 Å². The van der Waals surface area contributed by atoms with Crippen LogP contribution >= 0.6 is 15.9 Å². The number of nitrogens with one attached hydrogen (secondary N) is 1. The smallest absolute Gasteiger partial charge is 0.173 e. The van der Waals surface area contributed by atoms with Gasteiger partial charge in [-0.15, -0.1) is 0 Å². The summed E-state index contributed by atoms with van der Waals surface area (Å²) < 4.78 is 2.74. The molecule has 0 amide bonds.